The van der Waals surface area contributed by atoms with Crippen molar-refractivity contribution in [1.29, 1.82) is 0 Å². The maximum atomic E-state index is 5.76. The first kappa shape index (κ1) is 18.0. The normalized spacial score (nSPS) is 10.2. The van der Waals surface area contributed by atoms with E-state index in [0.29, 0.717) is 18.4 Å². The molecule has 0 aliphatic heterocycles. The van der Waals surface area contributed by atoms with E-state index in [0.717, 1.165) is 25.4 Å². The van der Waals surface area contributed by atoms with Gasteiger partial charge in [-0.3, -0.25) is 4.90 Å². The fraction of sp³-hybridized carbons (Fsp3) is 0.538. The van der Waals surface area contributed by atoms with E-state index in [2.05, 4.69) is 17.0 Å². The second kappa shape index (κ2) is 10.9. The molecule has 0 radical (unpaired) electrons. The molecule has 1 aromatic carbocycles. The molecule has 0 atom stereocenters. The third-order valence-electron chi connectivity index (χ3n) is 2.44. The molecule has 1 aromatic rings. The lowest BCUT2D eigenvalue weighted by Crippen LogP contribution is -2.27. The van der Waals surface area contributed by atoms with Gasteiger partial charge in [0.05, 0.1) is 6.61 Å². The van der Waals surface area contributed by atoms with Crippen molar-refractivity contribution in [2.75, 3.05) is 31.5 Å². The van der Waals surface area contributed by atoms with Crippen molar-refractivity contribution in [3.05, 3.63) is 29.8 Å². The number of alkyl halides is 2. The highest BCUT2D eigenvalue weighted by molar-refractivity contribution is 8.93. The van der Waals surface area contributed by atoms with Crippen LogP contribution < -0.4 is 4.74 Å². The summed E-state index contributed by atoms with van der Waals surface area (Å²) in [5.41, 5.74) is 1.25. The molecule has 0 N–H and O–H groups in total. The Labute approximate surface area is 130 Å². The van der Waals surface area contributed by atoms with Gasteiger partial charge in [-0.2, -0.15) is 0 Å². The molecular formula is C13H20BrCl2NO. The summed E-state index contributed by atoms with van der Waals surface area (Å²) in [6.07, 6.45) is 0. The minimum atomic E-state index is 0. The first-order valence-electron chi connectivity index (χ1n) is 5.86. The zero-order chi connectivity index (χ0) is 12.5. The number of halogens is 3. The van der Waals surface area contributed by atoms with E-state index in [9.17, 15) is 0 Å². The molecule has 0 bridgehead atoms. The Morgan fingerprint density at radius 2 is 1.61 bits per heavy atom. The van der Waals surface area contributed by atoms with Crippen LogP contribution in [0, 0.1) is 0 Å². The molecule has 0 aromatic heterocycles. The molecule has 0 aliphatic rings. The van der Waals surface area contributed by atoms with Crippen molar-refractivity contribution < 1.29 is 4.74 Å². The van der Waals surface area contributed by atoms with Crippen LogP contribution in [0.4, 0.5) is 0 Å². The standard InChI is InChI=1S/C13H19Cl2NO.BrH/c1-2-17-13-5-3-12(4-6-13)11-16(9-7-14)10-8-15;/h3-6H,2,7-11H2,1H3;1H. The van der Waals surface area contributed by atoms with Crippen LogP contribution in [0.3, 0.4) is 0 Å². The maximum Gasteiger partial charge on any atom is 0.119 e. The van der Waals surface area contributed by atoms with Crippen molar-refractivity contribution in [3.8, 4) is 5.75 Å². The van der Waals surface area contributed by atoms with Crippen molar-refractivity contribution in [2.45, 2.75) is 13.5 Å². The van der Waals surface area contributed by atoms with E-state index < -0.39 is 0 Å². The number of rotatable bonds is 8. The van der Waals surface area contributed by atoms with Crippen LogP contribution in [0.1, 0.15) is 12.5 Å². The average Bonchev–Trinajstić information content (AvgIpc) is 2.33. The first-order chi connectivity index (χ1) is 8.30. The van der Waals surface area contributed by atoms with E-state index in [1.54, 1.807) is 0 Å². The molecule has 0 saturated heterocycles. The van der Waals surface area contributed by atoms with Crippen LogP contribution >= 0.6 is 40.2 Å². The van der Waals surface area contributed by atoms with Gasteiger partial charge < -0.3 is 4.74 Å². The van der Waals surface area contributed by atoms with Crippen molar-refractivity contribution >= 4 is 40.2 Å². The van der Waals surface area contributed by atoms with Gasteiger partial charge in [-0.15, -0.1) is 40.2 Å². The second-order valence-electron chi connectivity index (χ2n) is 3.73. The molecule has 0 spiro atoms. The van der Waals surface area contributed by atoms with Gasteiger partial charge in [-0.1, -0.05) is 12.1 Å². The van der Waals surface area contributed by atoms with Gasteiger partial charge >= 0.3 is 0 Å². The van der Waals surface area contributed by atoms with E-state index in [1.807, 2.05) is 19.1 Å². The molecule has 104 valence electrons. The topological polar surface area (TPSA) is 12.5 Å². The number of ether oxygens (including phenoxy) is 1. The summed E-state index contributed by atoms with van der Waals surface area (Å²) >= 11 is 11.5. The fourth-order valence-corrected chi connectivity index (χ4v) is 2.10. The van der Waals surface area contributed by atoms with Gasteiger partial charge in [-0.25, -0.2) is 0 Å². The van der Waals surface area contributed by atoms with E-state index in [-0.39, 0.29) is 17.0 Å². The molecule has 18 heavy (non-hydrogen) atoms. The lowest BCUT2D eigenvalue weighted by molar-refractivity contribution is 0.299. The summed E-state index contributed by atoms with van der Waals surface area (Å²) in [4.78, 5) is 2.25. The maximum absolute atomic E-state index is 5.76. The van der Waals surface area contributed by atoms with Crippen LogP contribution in [0.15, 0.2) is 24.3 Å². The van der Waals surface area contributed by atoms with Gasteiger partial charge in [0.15, 0.2) is 0 Å². The molecule has 2 nitrogen and oxygen atoms in total. The zero-order valence-corrected chi connectivity index (χ0v) is 13.8. The third kappa shape index (κ3) is 6.83. The third-order valence-corrected chi connectivity index (χ3v) is 2.78. The van der Waals surface area contributed by atoms with Gasteiger partial charge in [-0.05, 0) is 24.6 Å². The number of hydrogen-bond donors (Lipinski definition) is 0. The Bertz CT molecular complexity index is 302. The van der Waals surface area contributed by atoms with E-state index >= 15 is 0 Å². The molecule has 0 amide bonds. The fourth-order valence-electron chi connectivity index (χ4n) is 1.62. The van der Waals surface area contributed by atoms with Crippen LogP contribution in [-0.2, 0) is 6.54 Å². The molecule has 0 unspecified atom stereocenters. The largest absolute Gasteiger partial charge is 0.494 e. The summed E-state index contributed by atoms with van der Waals surface area (Å²) in [7, 11) is 0. The Morgan fingerprint density at radius 3 is 2.06 bits per heavy atom. The van der Waals surface area contributed by atoms with Gasteiger partial charge in [0, 0.05) is 31.4 Å². The van der Waals surface area contributed by atoms with Crippen molar-refractivity contribution in [3.63, 3.8) is 0 Å². The zero-order valence-electron chi connectivity index (χ0n) is 10.6. The van der Waals surface area contributed by atoms with E-state index in [1.165, 1.54) is 5.56 Å². The quantitative estimate of drug-likeness (QED) is 0.654. The average molecular weight is 357 g/mol. The van der Waals surface area contributed by atoms with Gasteiger partial charge in [0.2, 0.25) is 0 Å². The molecule has 0 fully saturated rings. The summed E-state index contributed by atoms with van der Waals surface area (Å²) in [5.74, 6) is 2.18. The van der Waals surface area contributed by atoms with E-state index in [4.69, 9.17) is 27.9 Å². The molecular weight excluding hydrogens is 337 g/mol. The molecule has 1 rings (SSSR count). The molecule has 5 heteroatoms. The summed E-state index contributed by atoms with van der Waals surface area (Å²) in [5, 5.41) is 0. The SMILES string of the molecule is Br.CCOc1ccc(CN(CCCl)CCCl)cc1. The Hall–Kier alpha value is 0.0400. The highest BCUT2D eigenvalue weighted by Gasteiger charge is 2.04. The van der Waals surface area contributed by atoms with Crippen LogP contribution in [0.25, 0.3) is 0 Å². The smallest absolute Gasteiger partial charge is 0.119 e. The summed E-state index contributed by atoms with van der Waals surface area (Å²) < 4.78 is 5.40. The summed E-state index contributed by atoms with van der Waals surface area (Å²) in [6, 6.07) is 8.16. The highest BCUT2D eigenvalue weighted by Crippen LogP contribution is 2.13. The van der Waals surface area contributed by atoms with Crippen LogP contribution in [-0.4, -0.2) is 36.4 Å². The Morgan fingerprint density at radius 1 is 1.06 bits per heavy atom. The van der Waals surface area contributed by atoms with Gasteiger partial charge in [0.1, 0.15) is 5.75 Å². The first-order valence-corrected chi connectivity index (χ1v) is 6.93. The monoisotopic (exact) mass is 355 g/mol. The van der Waals surface area contributed by atoms with Crippen LogP contribution in [0.2, 0.25) is 0 Å². The van der Waals surface area contributed by atoms with Crippen molar-refractivity contribution in [1.82, 2.24) is 4.90 Å². The molecule has 0 aliphatic carbocycles. The van der Waals surface area contributed by atoms with Crippen LogP contribution in [0.5, 0.6) is 5.75 Å². The predicted octanol–water partition coefficient (Wildman–Crippen LogP) is 3.94. The Kier molecular flexibility index (Phi) is 10.9. The number of nitrogens with zero attached hydrogens (tertiary/aromatic N) is 1. The minimum absolute atomic E-state index is 0. The lowest BCUT2D eigenvalue weighted by atomic mass is 10.2. The molecule has 0 saturated carbocycles. The number of benzene rings is 1. The highest BCUT2D eigenvalue weighted by atomic mass is 79.9. The second-order valence-corrected chi connectivity index (χ2v) is 4.49. The van der Waals surface area contributed by atoms with Gasteiger partial charge in [0.25, 0.3) is 0 Å². The minimum Gasteiger partial charge on any atom is -0.494 e. The number of hydrogen-bond acceptors (Lipinski definition) is 2. The predicted molar refractivity (Wildman–Crippen MR) is 84.7 cm³/mol. The molecule has 0 heterocycles. The lowest BCUT2D eigenvalue weighted by Gasteiger charge is -2.20. The Balaban J connectivity index is 0.00000289. The summed E-state index contributed by atoms with van der Waals surface area (Å²) in [6.45, 7) is 5.29. The van der Waals surface area contributed by atoms with Crippen molar-refractivity contribution in [2.24, 2.45) is 0 Å².